The number of carbonyl (C=O) groups excluding carboxylic acids is 3. The zero-order valence-electron chi connectivity index (χ0n) is 24.0. The Balaban J connectivity index is 1.25. The van der Waals surface area contributed by atoms with Crippen molar-refractivity contribution in [3.8, 4) is 0 Å². The number of amides is 3. The van der Waals surface area contributed by atoms with Gasteiger partial charge in [-0.25, -0.2) is 4.79 Å². The Labute approximate surface area is 254 Å². The van der Waals surface area contributed by atoms with Crippen molar-refractivity contribution in [3.63, 3.8) is 0 Å². The molecule has 4 aliphatic rings. The van der Waals surface area contributed by atoms with Crippen LogP contribution in [0, 0.1) is 17.3 Å². The first-order valence-electron chi connectivity index (χ1n) is 14.8. The SMILES string of the molecule is CN(C(=O)OC1CCC(C(F)(F)F)CC1)[C@H]1CN(C(=O)C2CCN(C(=O)C3(C)CC3)CC2)C[C@@H]1c1ccc(Cl)c(Cl)c1. The smallest absolute Gasteiger partial charge is 0.410 e. The van der Waals surface area contributed by atoms with Gasteiger partial charge in [0.25, 0.3) is 0 Å². The van der Waals surface area contributed by atoms with Gasteiger partial charge in [-0.2, -0.15) is 13.2 Å². The average molecular weight is 633 g/mol. The highest BCUT2D eigenvalue weighted by Gasteiger charge is 2.49. The van der Waals surface area contributed by atoms with Crippen LogP contribution in [0.2, 0.25) is 10.0 Å². The Hall–Kier alpha value is -2.20. The van der Waals surface area contributed by atoms with Crippen LogP contribution in [0.25, 0.3) is 0 Å². The Morgan fingerprint density at radius 1 is 0.952 bits per heavy atom. The van der Waals surface area contributed by atoms with Crippen LogP contribution in [0.1, 0.15) is 69.8 Å². The molecule has 2 atom stereocenters. The molecule has 0 unspecified atom stereocenters. The fraction of sp³-hybridized carbons (Fsp3) is 0.700. The summed E-state index contributed by atoms with van der Waals surface area (Å²) in [6, 6.07) is 4.84. The molecule has 5 rings (SSSR count). The van der Waals surface area contributed by atoms with Gasteiger partial charge >= 0.3 is 12.3 Å². The minimum absolute atomic E-state index is 0.000432. The van der Waals surface area contributed by atoms with Gasteiger partial charge in [0.1, 0.15) is 6.10 Å². The van der Waals surface area contributed by atoms with Gasteiger partial charge in [-0.1, -0.05) is 36.2 Å². The molecule has 232 valence electrons. The summed E-state index contributed by atoms with van der Waals surface area (Å²) >= 11 is 12.5. The fourth-order valence-electron chi connectivity index (χ4n) is 6.67. The number of ether oxygens (including phenoxy) is 1. The molecule has 7 nitrogen and oxygen atoms in total. The van der Waals surface area contributed by atoms with Crippen LogP contribution in [0.5, 0.6) is 0 Å². The molecule has 2 saturated carbocycles. The highest BCUT2D eigenvalue weighted by Crippen LogP contribution is 2.47. The zero-order valence-corrected chi connectivity index (χ0v) is 25.5. The number of hydrogen-bond acceptors (Lipinski definition) is 4. The summed E-state index contributed by atoms with van der Waals surface area (Å²) in [5.74, 6) is -1.66. The summed E-state index contributed by atoms with van der Waals surface area (Å²) in [5, 5.41) is 0.761. The molecule has 0 aromatic heterocycles. The highest BCUT2D eigenvalue weighted by molar-refractivity contribution is 6.42. The van der Waals surface area contributed by atoms with Crippen molar-refractivity contribution < 1.29 is 32.3 Å². The van der Waals surface area contributed by atoms with Crippen LogP contribution in [0.15, 0.2) is 18.2 Å². The topological polar surface area (TPSA) is 70.2 Å². The van der Waals surface area contributed by atoms with Crippen LogP contribution >= 0.6 is 23.2 Å². The molecule has 2 aliphatic carbocycles. The zero-order chi connectivity index (χ0) is 30.4. The Morgan fingerprint density at radius 3 is 2.17 bits per heavy atom. The third kappa shape index (κ3) is 6.64. The second-order valence-corrected chi connectivity index (χ2v) is 13.5. The number of alkyl halides is 3. The lowest BCUT2D eigenvalue weighted by molar-refractivity contribution is -0.186. The van der Waals surface area contributed by atoms with E-state index < -0.39 is 30.3 Å². The van der Waals surface area contributed by atoms with Crippen LogP contribution in [-0.4, -0.2) is 84.2 Å². The number of hydrogen-bond donors (Lipinski definition) is 0. The van der Waals surface area contributed by atoms with Crippen molar-refractivity contribution in [1.82, 2.24) is 14.7 Å². The van der Waals surface area contributed by atoms with Crippen LogP contribution in [0.3, 0.4) is 0 Å². The fourth-order valence-corrected chi connectivity index (χ4v) is 6.98. The van der Waals surface area contributed by atoms with Crippen molar-refractivity contribution in [2.75, 3.05) is 33.2 Å². The molecule has 0 radical (unpaired) electrons. The lowest BCUT2D eigenvalue weighted by Crippen LogP contribution is -2.47. The first kappa shape index (κ1) is 31.2. The monoisotopic (exact) mass is 631 g/mol. The minimum Gasteiger partial charge on any atom is -0.446 e. The van der Waals surface area contributed by atoms with E-state index in [0.29, 0.717) is 42.5 Å². The van der Waals surface area contributed by atoms with E-state index in [2.05, 4.69) is 0 Å². The average Bonchev–Trinajstić information content (AvgIpc) is 3.56. The van der Waals surface area contributed by atoms with Crippen molar-refractivity contribution in [3.05, 3.63) is 33.8 Å². The van der Waals surface area contributed by atoms with E-state index in [4.69, 9.17) is 27.9 Å². The summed E-state index contributed by atoms with van der Waals surface area (Å²) in [5.41, 5.74) is 0.594. The Bertz CT molecular complexity index is 1190. The Morgan fingerprint density at radius 2 is 1.60 bits per heavy atom. The predicted molar refractivity (Wildman–Crippen MR) is 152 cm³/mol. The van der Waals surface area contributed by atoms with Gasteiger partial charge < -0.3 is 19.4 Å². The predicted octanol–water partition coefficient (Wildman–Crippen LogP) is 6.52. The van der Waals surface area contributed by atoms with Gasteiger partial charge in [0.15, 0.2) is 0 Å². The van der Waals surface area contributed by atoms with Gasteiger partial charge in [0.05, 0.1) is 22.0 Å². The molecule has 0 bridgehead atoms. The van der Waals surface area contributed by atoms with Crippen molar-refractivity contribution in [2.45, 2.75) is 82.5 Å². The number of nitrogens with zero attached hydrogens (tertiary/aromatic N) is 3. The normalized spacial score (nSPS) is 28.0. The largest absolute Gasteiger partial charge is 0.446 e. The molecule has 2 aliphatic heterocycles. The summed E-state index contributed by atoms with van der Waals surface area (Å²) in [6.45, 7) is 3.76. The number of carbonyl (C=O) groups is 3. The van der Waals surface area contributed by atoms with E-state index in [1.165, 1.54) is 4.90 Å². The van der Waals surface area contributed by atoms with Gasteiger partial charge in [-0.05, 0) is 69.1 Å². The Kier molecular flexibility index (Phi) is 8.97. The standard InChI is InChI=1S/C30H38Cl2F3N3O4/c1-29(11-12-29)27(40)37-13-9-18(10-14-37)26(39)38-16-22(19-3-8-23(31)24(32)15-19)25(17-38)36(2)28(41)42-21-6-4-20(5-7-21)30(33,34)35/h3,8,15,18,20-22,25H,4-7,9-14,16-17H2,1-2H3/t20?,21?,22-,25+/m1/s1. The van der Waals surface area contributed by atoms with Crippen LogP contribution < -0.4 is 0 Å². The van der Waals surface area contributed by atoms with E-state index in [9.17, 15) is 27.6 Å². The molecular weight excluding hydrogens is 594 g/mol. The van der Waals surface area contributed by atoms with E-state index in [0.717, 1.165) is 18.4 Å². The maximum Gasteiger partial charge on any atom is 0.410 e. The molecule has 0 N–H and O–H groups in total. The first-order valence-corrected chi connectivity index (χ1v) is 15.6. The molecule has 1 aromatic rings. The molecule has 3 amide bonds. The maximum atomic E-state index is 13.7. The molecule has 1 aromatic carbocycles. The number of likely N-dealkylation sites (tertiary alicyclic amines) is 2. The summed E-state index contributed by atoms with van der Waals surface area (Å²) < 4.78 is 44.9. The van der Waals surface area contributed by atoms with Gasteiger partial charge in [-0.15, -0.1) is 0 Å². The van der Waals surface area contributed by atoms with E-state index in [1.807, 2.05) is 17.9 Å². The molecular formula is C30H38Cl2F3N3O4. The number of piperidine rings is 1. The number of likely N-dealkylation sites (N-methyl/N-ethyl adjacent to an activating group) is 1. The first-order chi connectivity index (χ1) is 19.8. The number of benzene rings is 1. The van der Waals surface area contributed by atoms with Gasteiger partial charge in [-0.3, -0.25) is 9.59 Å². The van der Waals surface area contributed by atoms with Crippen molar-refractivity contribution >= 4 is 41.1 Å². The molecule has 4 fully saturated rings. The van der Waals surface area contributed by atoms with Crippen molar-refractivity contribution in [2.24, 2.45) is 17.3 Å². The minimum atomic E-state index is -4.24. The van der Waals surface area contributed by atoms with E-state index >= 15 is 0 Å². The molecule has 12 heteroatoms. The summed E-state index contributed by atoms with van der Waals surface area (Å²) in [7, 11) is 1.61. The lowest BCUT2D eigenvalue weighted by Gasteiger charge is -2.35. The van der Waals surface area contributed by atoms with E-state index in [1.54, 1.807) is 24.1 Å². The van der Waals surface area contributed by atoms with Crippen LogP contribution in [0.4, 0.5) is 18.0 Å². The second kappa shape index (κ2) is 12.1. The maximum absolute atomic E-state index is 13.7. The van der Waals surface area contributed by atoms with Gasteiger partial charge in [0, 0.05) is 50.5 Å². The van der Waals surface area contributed by atoms with Gasteiger partial charge in [0.2, 0.25) is 11.8 Å². The second-order valence-electron chi connectivity index (χ2n) is 12.7. The highest BCUT2D eigenvalue weighted by atomic mass is 35.5. The molecule has 0 spiro atoms. The number of rotatable bonds is 5. The third-order valence-corrected chi connectivity index (χ3v) is 10.5. The quantitative estimate of drug-likeness (QED) is 0.371. The summed E-state index contributed by atoms with van der Waals surface area (Å²) in [4.78, 5) is 44.8. The lowest BCUT2D eigenvalue weighted by atomic mass is 9.87. The molecule has 42 heavy (non-hydrogen) atoms. The van der Waals surface area contributed by atoms with E-state index in [-0.39, 0.29) is 61.3 Å². The molecule has 2 saturated heterocycles. The van der Waals surface area contributed by atoms with Crippen molar-refractivity contribution in [1.29, 1.82) is 0 Å². The molecule has 2 heterocycles. The number of halogens is 5. The summed E-state index contributed by atoms with van der Waals surface area (Å²) in [6.07, 6.45) is -2.21. The third-order valence-electron chi connectivity index (χ3n) is 9.81. The van der Waals surface area contributed by atoms with Crippen LogP contribution in [-0.2, 0) is 14.3 Å².